The number of terminal acetylenes is 1. The minimum atomic E-state index is -0.358. The Kier molecular flexibility index (Phi) is 5.59. The second-order valence-electron chi connectivity index (χ2n) is 5.13. The number of hydrogen-bond acceptors (Lipinski definition) is 3. The first-order valence-electron chi connectivity index (χ1n) is 7.17. The van der Waals surface area contributed by atoms with Crippen molar-refractivity contribution in [2.24, 2.45) is 0 Å². The molecule has 0 unspecified atom stereocenters. The highest BCUT2D eigenvalue weighted by molar-refractivity contribution is 5.96. The predicted octanol–water partition coefficient (Wildman–Crippen LogP) is 1.98. The third-order valence-electron chi connectivity index (χ3n) is 3.31. The Labute approximate surface area is 135 Å². The average molecular weight is 310 g/mol. The van der Waals surface area contributed by atoms with Gasteiger partial charge in [0.1, 0.15) is 6.26 Å². The van der Waals surface area contributed by atoms with E-state index in [4.69, 9.17) is 10.8 Å². The van der Waals surface area contributed by atoms with Gasteiger partial charge in [0, 0.05) is 6.54 Å². The van der Waals surface area contributed by atoms with E-state index in [9.17, 15) is 9.59 Å². The molecule has 2 aromatic rings. The van der Waals surface area contributed by atoms with E-state index in [1.165, 1.54) is 23.5 Å². The number of aryl methyl sites for hydroxylation is 1. The van der Waals surface area contributed by atoms with Crippen molar-refractivity contribution in [3.05, 3.63) is 59.5 Å². The van der Waals surface area contributed by atoms with Crippen molar-refractivity contribution >= 4 is 11.8 Å². The SMILES string of the molecule is C#CCN(Cc1ccc(C)cc1)C(=O)CNC(=O)c1ccoc1. The molecule has 1 N–H and O–H groups in total. The van der Waals surface area contributed by atoms with E-state index >= 15 is 0 Å². The van der Waals surface area contributed by atoms with Crippen LogP contribution >= 0.6 is 0 Å². The molecule has 0 atom stereocenters. The Balaban J connectivity index is 1.94. The number of rotatable bonds is 6. The van der Waals surface area contributed by atoms with Crippen LogP contribution in [0.15, 0.2) is 47.3 Å². The van der Waals surface area contributed by atoms with Crippen LogP contribution < -0.4 is 5.32 Å². The van der Waals surface area contributed by atoms with Crippen molar-refractivity contribution in [2.45, 2.75) is 13.5 Å². The number of nitrogens with zero attached hydrogens (tertiary/aromatic N) is 1. The van der Waals surface area contributed by atoms with Crippen LogP contribution in [0.3, 0.4) is 0 Å². The maximum Gasteiger partial charge on any atom is 0.254 e. The molecule has 1 aromatic heterocycles. The first-order chi connectivity index (χ1) is 11.1. The highest BCUT2D eigenvalue weighted by Crippen LogP contribution is 2.07. The lowest BCUT2D eigenvalue weighted by Gasteiger charge is -2.20. The highest BCUT2D eigenvalue weighted by atomic mass is 16.3. The van der Waals surface area contributed by atoms with Gasteiger partial charge in [-0.15, -0.1) is 6.42 Å². The zero-order valence-electron chi connectivity index (χ0n) is 12.9. The van der Waals surface area contributed by atoms with Gasteiger partial charge in [0.2, 0.25) is 5.91 Å². The maximum absolute atomic E-state index is 12.3. The van der Waals surface area contributed by atoms with Gasteiger partial charge in [0.15, 0.2) is 0 Å². The molecule has 0 fully saturated rings. The van der Waals surface area contributed by atoms with Crippen molar-refractivity contribution < 1.29 is 14.0 Å². The highest BCUT2D eigenvalue weighted by Gasteiger charge is 2.15. The number of benzene rings is 1. The van der Waals surface area contributed by atoms with E-state index in [-0.39, 0.29) is 24.9 Å². The number of amides is 2. The Morgan fingerprint density at radius 2 is 2.00 bits per heavy atom. The lowest BCUT2D eigenvalue weighted by atomic mass is 10.1. The van der Waals surface area contributed by atoms with Gasteiger partial charge in [-0.2, -0.15) is 0 Å². The first-order valence-corrected chi connectivity index (χ1v) is 7.17. The minimum absolute atomic E-state index is 0.114. The average Bonchev–Trinajstić information content (AvgIpc) is 3.08. The smallest absolute Gasteiger partial charge is 0.254 e. The van der Waals surface area contributed by atoms with Crippen LogP contribution in [0.25, 0.3) is 0 Å². The van der Waals surface area contributed by atoms with E-state index < -0.39 is 0 Å². The summed E-state index contributed by atoms with van der Waals surface area (Å²) in [6.07, 6.45) is 8.06. The van der Waals surface area contributed by atoms with Crippen LogP contribution in [-0.2, 0) is 11.3 Å². The van der Waals surface area contributed by atoms with Gasteiger partial charge in [-0.1, -0.05) is 35.7 Å². The molecular formula is C18H18N2O3. The lowest BCUT2D eigenvalue weighted by molar-refractivity contribution is -0.130. The third kappa shape index (κ3) is 4.75. The summed E-state index contributed by atoms with van der Waals surface area (Å²) in [7, 11) is 0. The molecule has 2 rings (SSSR count). The van der Waals surface area contributed by atoms with E-state index in [1.54, 1.807) is 0 Å². The van der Waals surface area contributed by atoms with Crippen LogP contribution in [0, 0.1) is 19.3 Å². The molecule has 1 heterocycles. The van der Waals surface area contributed by atoms with Crippen molar-refractivity contribution in [3.8, 4) is 12.3 Å². The van der Waals surface area contributed by atoms with Gasteiger partial charge in [0.05, 0.1) is 24.9 Å². The standard InChI is InChI=1S/C18H18N2O3/c1-3-9-20(12-15-6-4-14(2)5-7-15)17(21)11-19-18(22)16-8-10-23-13-16/h1,4-8,10,13H,9,11-12H2,2H3,(H,19,22). The predicted molar refractivity (Wildman–Crippen MR) is 86.5 cm³/mol. The van der Waals surface area contributed by atoms with Gasteiger partial charge < -0.3 is 14.6 Å². The molecule has 118 valence electrons. The number of carbonyl (C=O) groups excluding carboxylic acids is 2. The molecule has 1 aromatic carbocycles. The fraction of sp³-hybridized carbons (Fsp3) is 0.222. The second-order valence-corrected chi connectivity index (χ2v) is 5.13. The molecule has 0 aliphatic carbocycles. The van der Waals surface area contributed by atoms with Gasteiger partial charge >= 0.3 is 0 Å². The van der Waals surface area contributed by atoms with E-state index in [2.05, 4.69) is 11.2 Å². The number of furan rings is 1. The Morgan fingerprint density at radius 1 is 1.26 bits per heavy atom. The van der Waals surface area contributed by atoms with Gasteiger partial charge in [-0.05, 0) is 18.6 Å². The summed E-state index contributed by atoms with van der Waals surface area (Å²) in [5, 5.41) is 2.56. The summed E-state index contributed by atoms with van der Waals surface area (Å²) in [5.41, 5.74) is 2.51. The number of carbonyl (C=O) groups is 2. The summed E-state index contributed by atoms with van der Waals surface area (Å²) in [5.74, 6) is 1.88. The monoisotopic (exact) mass is 310 g/mol. The van der Waals surface area contributed by atoms with E-state index in [0.717, 1.165) is 11.1 Å². The van der Waals surface area contributed by atoms with Crippen molar-refractivity contribution in [1.29, 1.82) is 0 Å². The van der Waals surface area contributed by atoms with Crippen molar-refractivity contribution in [1.82, 2.24) is 10.2 Å². The van der Waals surface area contributed by atoms with Gasteiger partial charge in [0.25, 0.3) is 5.91 Å². The normalized spacial score (nSPS) is 9.91. The fourth-order valence-corrected chi connectivity index (χ4v) is 2.02. The number of nitrogens with one attached hydrogen (secondary N) is 1. The fourth-order valence-electron chi connectivity index (χ4n) is 2.02. The lowest BCUT2D eigenvalue weighted by Crippen LogP contribution is -2.40. The van der Waals surface area contributed by atoms with E-state index in [1.807, 2.05) is 31.2 Å². The largest absolute Gasteiger partial charge is 0.472 e. The molecular weight excluding hydrogens is 292 g/mol. The molecule has 2 amide bonds. The minimum Gasteiger partial charge on any atom is -0.472 e. The summed E-state index contributed by atoms with van der Waals surface area (Å²) >= 11 is 0. The Bertz CT molecular complexity index is 697. The molecule has 0 spiro atoms. The molecule has 5 nitrogen and oxygen atoms in total. The first kappa shape index (κ1) is 16.4. The summed E-state index contributed by atoms with van der Waals surface area (Å²) < 4.78 is 4.83. The van der Waals surface area contributed by atoms with Crippen molar-refractivity contribution in [2.75, 3.05) is 13.1 Å². The van der Waals surface area contributed by atoms with Crippen LogP contribution in [-0.4, -0.2) is 29.8 Å². The molecule has 0 bridgehead atoms. The third-order valence-corrected chi connectivity index (χ3v) is 3.31. The van der Waals surface area contributed by atoms with Crippen LogP contribution in [0.1, 0.15) is 21.5 Å². The molecule has 5 heteroatoms. The maximum atomic E-state index is 12.3. The zero-order chi connectivity index (χ0) is 16.7. The molecule has 0 saturated carbocycles. The zero-order valence-corrected chi connectivity index (χ0v) is 12.9. The molecule has 23 heavy (non-hydrogen) atoms. The van der Waals surface area contributed by atoms with Crippen LogP contribution in [0.2, 0.25) is 0 Å². The van der Waals surface area contributed by atoms with E-state index in [0.29, 0.717) is 12.1 Å². The Hall–Kier alpha value is -3.00. The number of hydrogen-bond donors (Lipinski definition) is 1. The molecule has 0 aliphatic rings. The van der Waals surface area contributed by atoms with Crippen molar-refractivity contribution in [3.63, 3.8) is 0 Å². The van der Waals surface area contributed by atoms with Gasteiger partial charge in [-0.25, -0.2) is 0 Å². The summed E-state index contributed by atoms with van der Waals surface area (Å²) in [4.78, 5) is 25.6. The molecule has 0 saturated heterocycles. The quantitative estimate of drug-likeness (QED) is 0.830. The topological polar surface area (TPSA) is 62.6 Å². The molecule has 0 radical (unpaired) electrons. The Morgan fingerprint density at radius 3 is 2.61 bits per heavy atom. The van der Waals surface area contributed by atoms with Crippen LogP contribution in [0.4, 0.5) is 0 Å². The second kappa shape index (κ2) is 7.85. The van der Waals surface area contributed by atoms with Gasteiger partial charge in [-0.3, -0.25) is 9.59 Å². The molecule has 0 aliphatic heterocycles. The summed E-state index contributed by atoms with van der Waals surface area (Å²) in [6, 6.07) is 9.40. The van der Waals surface area contributed by atoms with Crippen LogP contribution in [0.5, 0.6) is 0 Å². The summed E-state index contributed by atoms with van der Waals surface area (Å²) in [6.45, 7) is 2.48.